The molecule has 3 aromatic rings. The zero-order valence-corrected chi connectivity index (χ0v) is 24.1. The lowest BCUT2D eigenvalue weighted by molar-refractivity contribution is 0.0285. The number of rotatable bonds is 10. The van der Waals surface area contributed by atoms with Crippen LogP contribution < -0.4 is 4.72 Å². The van der Waals surface area contributed by atoms with Crippen molar-refractivity contribution in [1.82, 2.24) is 8.87 Å². The highest BCUT2D eigenvalue weighted by Crippen LogP contribution is 2.30. The molecule has 0 saturated heterocycles. The maximum Gasteiger partial charge on any atom is 0.410 e. The van der Waals surface area contributed by atoms with Gasteiger partial charge < -0.3 is 9.64 Å². The Labute approximate surface area is 235 Å². The topological polar surface area (TPSA) is 115 Å². The fraction of sp³-hybridized carbons (Fsp3) is 0.346. The first-order valence-electron chi connectivity index (χ1n) is 12.1. The Kier molecular flexibility index (Phi) is 9.43. The first-order chi connectivity index (χ1) is 18.9. The van der Waals surface area contributed by atoms with Gasteiger partial charge in [0.15, 0.2) is 6.17 Å². The fourth-order valence-corrected chi connectivity index (χ4v) is 6.23. The molecule has 224 valence electrons. The van der Waals surface area contributed by atoms with Crippen LogP contribution in [0.5, 0.6) is 0 Å². The Balaban J connectivity index is 2.03. The molecule has 0 aliphatic heterocycles. The second-order valence-electron chi connectivity index (χ2n) is 10.1. The second kappa shape index (κ2) is 12.1. The first kappa shape index (κ1) is 31.9. The van der Waals surface area contributed by atoms with Crippen molar-refractivity contribution < 1.29 is 43.9 Å². The molecule has 0 saturated carbocycles. The van der Waals surface area contributed by atoms with E-state index in [-0.39, 0.29) is 23.5 Å². The number of ether oxygens (including phenoxy) is 1. The molecule has 1 aromatic heterocycles. The molecule has 1 heterocycles. The lowest BCUT2D eigenvalue weighted by Gasteiger charge is -2.24. The zero-order chi connectivity index (χ0) is 30.8. The van der Waals surface area contributed by atoms with Crippen molar-refractivity contribution in [2.45, 2.75) is 50.4 Å². The molecule has 1 amide bonds. The number of anilines is 1. The van der Waals surface area contributed by atoms with E-state index >= 15 is 0 Å². The van der Waals surface area contributed by atoms with E-state index in [0.29, 0.717) is 5.56 Å². The molecule has 3 rings (SSSR count). The van der Waals surface area contributed by atoms with Crippen LogP contribution in [0, 0.1) is 5.82 Å². The number of aromatic nitrogens is 1. The molecule has 0 radical (unpaired) electrons. The second-order valence-corrected chi connectivity index (χ2v) is 13.7. The minimum atomic E-state index is -4.60. The SMILES string of the molecule is CN(Cc1cc(-c2ccccc2F)n(S(=O)(=O)c2cccc(NS(=O)(=O)CC(F)C(F)F)c2)c1)C(=O)OC(C)(C)C. The van der Waals surface area contributed by atoms with Gasteiger partial charge in [0, 0.05) is 24.5 Å². The number of hydrogen-bond acceptors (Lipinski definition) is 6. The average molecular weight is 620 g/mol. The quantitative estimate of drug-likeness (QED) is 0.311. The lowest BCUT2D eigenvalue weighted by atomic mass is 10.1. The molecule has 0 aliphatic carbocycles. The predicted octanol–water partition coefficient (Wildman–Crippen LogP) is 5.24. The Bertz CT molecular complexity index is 1620. The summed E-state index contributed by atoms with van der Waals surface area (Å²) >= 11 is 0. The molecule has 0 bridgehead atoms. The van der Waals surface area contributed by atoms with Crippen LogP contribution in [0.25, 0.3) is 11.3 Å². The number of benzene rings is 2. The maximum absolute atomic E-state index is 14.8. The van der Waals surface area contributed by atoms with Gasteiger partial charge in [0.25, 0.3) is 16.4 Å². The van der Waals surface area contributed by atoms with Crippen molar-refractivity contribution in [2.75, 3.05) is 17.5 Å². The number of amides is 1. The van der Waals surface area contributed by atoms with Crippen LogP contribution in [0.2, 0.25) is 0 Å². The van der Waals surface area contributed by atoms with E-state index in [9.17, 15) is 39.2 Å². The van der Waals surface area contributed by atoms with E-state index in [2.05, 4.69) is 0 Å². The summed E-state index contributed by atoms with van der Waals surface area (Å²) in [5.41, 5.74) is -0.954. The van der Waals surface area contributed by atoms with Gasteiger partial charge in [-0.2, -0.15) is 0 Å². The molecule has 2 aromatic carbocycles. The lowest BCUT2D eigenvalue weighted by Crippen LogP contribution is -2.33. The number of nitrogens with one attached hydrogen (secondary N) is 1. The van der Waals surface area contributed by atoms with Crippen LogP contribution in [-0.4, -0.2) is 62.8 Å². The van der Waals surface area contributed by atoms with Gasteiger partial charge >= 0.3 is 6.09 Å². The highest BCUT2D eigenvalue weighted by atomic mass is 32.2. The van der Waals surface area contributed by atoms with Gasteiger partial charge in [0.05, 0.1) is 17.1 Å². The normalized spacial score (nSPS) is 13.2. The minimum absolute atomic E-state index is 0.0694. The van der Waals surface area contributed by atoms with Crippen molar-refractivity contribution in [3.8, 4) is 11.3 Å². The van der Waals surface area contributed by atoms with Crippen LogP contribution in [0.15, 0.2) is 65.7 Å². The summed E-state index contributed by atoms with van der Waals surface area (Å²) in [6.07, 6.45) is -5.96. The van der Waals surface area contributed by atoms with Gasteiger partial charge in [-0.25, -0.2) is 43.2 Å². The Morgan fingerprint density at radius 3 is 2.29 bits per heavy atom. The molecule has 0 fully saturated rings. The number of sulfonamides is 1. The van der Waals surface area contributed by atoms with Gasteiger partial charge in [-0.05, 0) is 62.7 Å². The predicted molar refractivity (Wildman–Crippen MR) is 145 cm³/mol. The molecule has 41 heavy (non-hydrogen) atoms. The molecule has 15 heteroatoms. The zero-order valence-electron chi connectivity index (χ0n) is 22.5. The molecule has 0 aliphatic rings. The number of carbonyl (C=O) groups excluding carboxylic acids is 1. The van der Waals surface area contributed by atoms with E-state index in [4.69, 9.17) is 4.74 Å². The number of halogens is 4. The summed E-state index contributed by atoms with van der Waals surface area (Å²) in [5, 5.41) is 0. The van der Waals surface area contributed by atoms with Gasteiger partial charge in [-0.15, -0.1) is 0 Å². The standard InChI is InChI=1S/C26H29F4N3O6S2/c1-26(2,3)39-25(34)32(4)14-17-12-23(20-10-5-6-11-21(20)27)33(15-17)41(37,38)19-9-7-8-18(13-19)31-40(35,36)16-22(28)24(29)30/h5-13,15,22,24,31H,14,16H2,1-4H3. The molecule has 1 atom stereocenters. The highest BCUT2D eigenvalue weighted by Gasteiger charge is 2.28. The van der Waals surface area contributed by atoms with Crippen molar-refractivity contribution in [2.24, 2.45) is 0 Å². The number of hydrogen-bond donors (Lipinski definition) is 1. The van der Waals surface area contributed by atoms with Crippen LogP contribution in [-0.2, 0) is 31.3 Å². The van der Waals surface area contributed by atoms with E-state index in [1.807, 2.05) is 4.72 Å². The number of nitrogens with zero attached hydrogens (tertiary/aromatic N) is 2. The van der Waals surface area contributed by atoms with Crippen LogP contribution in [0.1, 0.15) is 26.3 Å². The van der Waals surface area contributed by atoms with Gasteiger partial charge in [0.1, 0.15) is 17.2 Å². The molecular weight excluding hydrogens is 590 g/mol. The van der Waals surface area contributed by atoms with Crippen LogP contribution >= 0.6 is 0 Å². The smallest absolute Gasteiger partial charge is 0.410 e. The van der Waals surface area contributed by atoms with Crippen LogP contribution in [0.4, 0.5) is 28.0 Å². The third-order valence-electron chi connectivity index (χ3n) is 5.43. The molecule has 1 N–H and O–H groups in total. The Morgan fingerprint density at radius 1 is 1.02 bits per heavy atom. The Hall–Kier alpha value is -3.59. The van der Waals surface area contributed by atoms with E-state index in [1.54, 1.807) is 20.8 Å². The summed E-state index contributed by atoms with van der Waals surface area (Å²) < 4.78 is 113. The number of carbonyl (C=O) groups is 1. The van der Waals surface area contributed by atoms with Crippen molar-refractivity contribution in [3.63, 3.8) is 0 Å². The van der Waals surface area contributed by atoms with Gasteiger partial charge in [0.2, 0.25) is 10.0 Å². The fourth-order valence-electron chi connectivity index (χ4n) is 3.66. The third-order valence-corrected chi connectivity index (χ3v) is 8.41. The summed E-state index contributed by atoms with van der Waals surface area (Å²) in [4.78, 5) is 13.2. The molecule has 9 nitrogen and oxygen atoms in total. The molecular formula is C26H29F4N3O6S2. The summed E-state index contributed by atoms with van der Waals surface area (Å²) in [5.74, 6) is -2.26. The summed E-state index contributed by atoms with van der Waals surface area (Å²) in [6.45, 7) is 4.94. The summed E-state index contributed by atoms with van der Waals surface area (Å²) in [6, 6.07) is 11.2. The minimum Gasteiger partial charge on any atom is -0.444 e. The Morgan fingerprint density at radius 2 is 1.68 bits per heavy atom. The average Bonchev–Trinajstić information content (AvgIpc) is 3.27. The van der Waals surface area contributed by atoms with Crippen molar-refractivity contribution in [1.29, 1.82) is 0 Å². The van der Waals surface area contributed by atoms with E-state index in [0.717, 1.165) is 28.2 Å². The maximum atomic E-state index is 14.8. The third kappa shape index (κ3) is 8.22. The van der Waals surface area contributed by atoms with Gasteiger partial charge in [-0.3, -0.25) is 4.72 Å². The monoisotopic (exact) mass is 619 g/mol. The van der Waals surface area contributed by atoms with E-state index < -0.39 is 60.8 Å². The molecule has 1 unspecified atom stereocenters. The highest BCUT2D eigenvalue weighted by molar-refractivity contribution is 7.92. The van der Waals surface area contributed by atoms with E-state index in [1.165, 1.54) is 48.5 Å². The largest absolute Gasteiger partial charge is 0.444 e. The number of alkyl halides is 3. The summed E-state index contributed by atoms with van der Waals surface area (Å²) in [7, 11) is -7.69. The first-order valence-corrected chi connectivity index (χ1v) is 15.2. The molecule has 0 spiro atoms. The van der Waals surface area contributed by atoms with Gasteiger partial charge in [-0.1, -0.05) is 18.2 Å². The van der Waals surface area contributed by atoms with Crippen LogP contribution in [0.3, 0.4) is 0 Å². The van der Waals surface area contributed by atoms with Crippen molar-refractivity contribution in [3.05, 3.63) is 72.2 Å². The van der Waals surface area contributed by atoms with Crippen molar-refractivity contribution >= 4 is 31.8 Å².